The van der Waals surface area contributed by atoms with Gasteiger partial charge in [-0.3, -0.25) is 4.68 Å². The monoisotopic (exact) mass is 356 g/mol. The van der Waals surface area contributed by atoms with Crippen molar-refractivity contribution >= 4 is 11.3 Å². The Labute approximate surface area is 152 Å². The second kappa shape index (κ2) is 7.80. The van der Waals surface area contributed by atoms with Gasteiger partial charge in [0.2, 0.25) is 0 Å². The third-order valence-electron chi connectivity index (χ3n) is 4.25. The summed E-state index contributed by atoms with van der Waals surface area (Å²) >= 11 is 1.64. The van der Waals surface area contributed by atoms with E-state index >= 15 is 0 Å². The molecule has 0 bridgehead atoms. The summed E-state index contributed by atoms with van der Waals surface area (Å²) in [4.78, 5) is 4.63. The molecule has 6 heteroatoms. The van der Waals surface area contributed by atoms with Crippen LogP contribution in [0.1, 0.15) is 33.2 Å². The Morgan fingerprint density at radius 1 is 1.12 bits per heavy atom. The van der Waals surface area contributed by atoms with Crippen LogP contribution >= 0.6 is 11.3 Å². The molecule has 3 rings (SSSR count). The number of hydrogen-bond acceptors (Lipinski definition) is 5. The Balaban J connectivity index is 1.49. The van der Waals surface area contributed by atoms with E-state index in [1.165, 1.54) is 16.8 Å². The number of benzene rings is 1. The Morgan fingerprint density at radius 3 is 2.56 bits per heavy atom. The molecule has 0 amide bonds. The van der Waals surface area contributed by atoms with Gasteiger partial charge in [0.25, 0.3) is 0 Å². The minimum Gasteiger partial charge on any atom is -0.486 e. The minimum atomic E-state index is 0.508. The molecule has 0 saturated carbocycles. The van der Waals surface area contributed by atoms with E-state index in [0.29, 0.717) is 6.61 Å². The van der Waals surface area contributed by atoms with Crippen LogP contribution in [0.4, 0.5) is 0 Å². The van der Waals surface area contributed by atoms with E-state index in [-0.39, 0.29) is 0 Å². The molecule has 1 N–H and O–H groups in total. The average Bonchev–Trinajstić information content (AvgIpc) is 3.14. The van der Waals surface area contributed by atoms with Crippen LogP contribution in [0.3, 0.4) is 0 Å². The number of nitrogens with one attached hydrogen (secondary N) is 1. The van der Waals surface area contributed by atoms with Crippen LogP contribution < -0.4 is 10.1 Å². The molecule has 0 radical (unpaired) electrons. The first kappa shape index (κ1) is 17.6. The van der Waals surface area contributed by atoms with E-state index in [4.69, 9.17) is 4.74 Å². The molecule has 0 aliphatic carbocycles. The molecule has 3 aromatic rings. The third-order valence-corrected chi connectivity index (χ3v) is 5.12. The molecule has 25 heavy (non-hydrogen) atoms. The van der Waals surface area contributed by atoms with Gasteiger partial charge in [-0.25, -0.2) is 4.98 Å². The Hall–Kier alpha value is -2.18. The Kier molecular flexibility index (Phi) is 5.50. The van der Waals surface area contributed by atoms with E-state index in [2.05, 4.69) is 46.8 Å². The van der Waals surface area contributed by atoms with Crippen LogP contribution in [0.15, 0.2) is 29.6 Å². The summed E-state index contributed by atoms with van der Waals surface area (Å²) in [6, 6.07) is 8.08. The van der Waals surface area contributed by atoms with Crippen molar-refractivity contribution in [2.75, 3.05) is 0 Å². The molecule has 0 spiro atoms. The van der Waals surface area contributed by atoms with Crippen LogP contribution in [0.2, 0.25) is 0 Å². The number of ether oxygens (including phenoxy) is 1. The zero-order valence-electron chi connectivity index (χ0n) is 15.2. The van der Waals surface area contributed by atoms with Gasteiger partial charge in [0.1, 0.15) is 17.4 Å². The highest BCUT2D eigenvalue weighted by Crippen LogP contribution is 2.16. The fourth-order valence-electron chi connectivity index (χ4n) is 2.66. The molecule has 0 aliphatic heterocycles. The van der Waals surface area contributed by atoms with Gasteiger partial charge in [0.15, 0.2) is 0 Å². The predicted octanol–water partition coefficient (Wildman–Crippen LogP) is 3.67. The highest BCUT2D eigenvalue weighted by molar-refractivity contribution is 7.09. The van der Waals surface area contributed by atoms with E-state index in [0.717, 1.165) is 35.2 Å². The highest BCUT2D eigenvalue weighted by atomic mass is 32.1. The molecule has 132 valence electrons. The second-order valence-corrected chi connectivity index (χ2v) is 7.15. The first-order valence-electron chi connectivity index (χ1n) is 8.35. The summed E-state index contributed by atoms with van der Waals surface area (Å²) < 4.78 is 7.71. The lowest BCUT2D eigenvalue weighted by Crippen LogP contribution is -2.14. The molecule has 0 atom stereocenters. The first-order valence-corrected chi connectivity index (χ1v) is 9.23. The van der Waals surface area contributed by atoms with Crippen molar-refractivity contribution in [3.63, 3.8) is 0 Å². The summed E-state index contributed by atoms with van der Waals surface area (Å²) in [7, 11) is 1.98. The van der Waals surface area contributed by atoms with Crippen LogP contribution in [0.25, 0.3) is 0 Å². The molecule has 0 saturated heterocycles. The quantitative estimate of drug-likeness (QED) is 0.702. The molecular weight excluding hydrogens is 332 g/mol. The van der Waals surface area contributed by atoms with Gasteiger partial charge in [0.05, 0.1) is 11.4 Å². The maximum Gasteiger partial charge on any atom is 0.140 e. The maximum atomic E-state index is 5.78. The van der Waals surface area contributed by atoms with Crippen molar-refractivity contribution < 1.29 is 4.74 Å². The SMILES string of the molecule is Cc1ccc(OCc2nc(CNCc3c(C)nn(C)c3C)cs2)cc1. The summed E-state index contributed by atoms with van der Waals surface area (Å²) in [6.07, 6.45) is 0. The number of rotatable bonds is 7. The van der Waals surface area contributed by atoms with Gasteiger partial charge in [-0.1, -0.05) is 17.7 Å². The molecule has 1 aromatic carbocycles. The van der Waals surface area contributed by atoms with E-state index < -0.39 is 0 Å². The fraction of sp³-hybridized carbons (Fsp3) is 0.368. The van der Waals surface area contributed by atoms with Gasteiger partial charge < -0.3 is 10.1 Å². The van der Waals surface area contributed by atoms with Gasteiger partial charge in [0, 0.05) is 36.8 Å². The third kappa shape index (κ3) is 4.46. The van der Waals surface area contributed by atoms with Crippen molar-refractivity contribution in [3.05, 3.63) is 62.9 Å². The van der Waals surface area contributed by atoms with Crippen LogP contribution in [-0.2, 0) is 26.7 Å². The molecule has 0 fully saturated rings. The van der Waals surface area contributed by atoms with Crippen molar-refractivity contribution in [3.8, 4) is 5.75 Å². The largest absolute Gasteiger partial charge is 0.486 e. The summed E-state index contributed by atoms with van der Waals surface area (Å²) in [5, 5.41) is 11.0. The molecule has 2 heterocycles. The van der Waals surface area contributed by atoms with Gasteiger partial charge >= 0.3 is 0 Å². The zero-order chi connectivity index (χ0) is 17.8. The van der Waals surface area contributed by atoms with Crippen molar-refractivity contribution in [1.82, 2.24) is 20.1 Å². The lowest BCUT2D eigenvalue weighted by molar-refractivity contribution is 0.305. The van der Waals surface area contributed by atoms with Gasteiger partial charge in [-0.15, -0.1) is 11.3 Å². The van der Waals surface area contributed by atoms with Crippen molar-refractivity contribution in [1.29, 1.82) is 0 Å². The molecule has 2 aromatic heterocycles. The summed E-state index contributed by atoms with van der Waals surface area (Å²) in [6.45, 7) is 8.27. The van der Waals surface area contributed by atoms with Crippen LogP contribution in [0.5, 0.6) is 5.75 Å². The predicted molar refractivity (Wildman–Crippen MR) is 101 cm³/mol. The lowest BCUT2D eigenvalue weighted by Gasteiger charge is -2.04. The van der Waals surface area contributed by atoms with Gasteiger partial charge in [-0.2, -0.15) is 5.10 Å². The Morgan fingerprint density at radius 2 is 1.88 bits per heavy atom. The van der Waals surface area contributed by atoms with Crippen LogP contribution in [0, 0.1) is 20.8 Å². The first-order chi connectivity index (χ1) is 12.0. The van der Waals surface area contributed by atoms with E-state index in [1.807, 2.05) is 30.8 Å². The number of hydrogen-bond donors (Lipinski definition) is 1. The average molecular weight is 356 g/mol. The molecule has 0 aliphatic rings. The molecule has 5 nitrogen and oxygen atoms in total. The summed E-state index contributed by atoms with van der Waals surface area (Å²) in [5.74, 6) is 0.878. The summed E-state index contributed by atoms with van der Waals surface area (Å²) in [5.41, 5.74) is 5.83. The smallest absolute Gasteiger partial charge is 0.140 e. The van der Waals surface area contributed by atoms with Crippen molar-refractivity contribution in [2.24, 2.45) is 7.05 Å². The number of nitrogens with zero attached hydrogens (tertiary/aromatic N) is 3. The number of aryl methyl sites for hydroxylation is 3. The molecule has 0 unspecified atom stereocenters. The fourth-order valence-corrected chi connectivity index (χ4v) is 3.37. The van der Waals surface area contributed by atoms with E-state index in [1.54, 1.807) is 11.3 Å². The normalized spacial score (nSPS) is 11.0. The molecular formula is C19H24N4OS. The number of aromatic nitrogens is 3. The minimum absolute atomic E-state index is 0.508. The maximum absolute atomic E-state index is 5.78. The lowest BCUT2D eigenvalue weighted by atomic mass is 10.2. The highest BCUT2D eigenvalue weighted by Gasteiger charge is 2.09. The zero-order valence-corrected chi connectivity index (χ0v) is 16.0. The van der Waals surface area contributed by atoms with Crippen molar-refractivity contribution in [2.45, 2.75) is 40.5 Å². The van der Waals surface area contributed by atoms with Gasteiger partial charge in [-0.05, 0) is 32.9 Å². The number of thiazole rings is 1. The topological polar surface area (TPSA) is 52.0 Å². The second-order valence-electron chi connectivity index (χ2n) is 6.21. The van der Waals surface area contributed by atoms with E-state index in [9.17, 15) is 0 Å². The van der Waals surface area contributed by atoms with Crippen LogP contribution in [-0.4, -0.2) is 14.8 Å². The standard InChI is InChI=1S/C19H24N4OS/c1-13-5-7-17(8-6-13)24-11-19-21-16(12-25-19)9-20-10-18-14(2)22-23(4)15(18)3/h5-8,12,20H,9-11H2,1-4H3. The Bertz CT molecular complexity index is 836.